The predicted molar refractivity (Wildman–Crippen MR) is 65.9 cm³/mol. The van der Waals surface area contributed by atoms with E-state index in [4.69, 9.17) is 5.73 Å². The molecule has 0 aliphatic carbocycles. The van der Waals surface area contributed by atoms with Crippen molar-refractivity contribution < 1.29 is 0 Å². The first-order chi connectivity index (χ1) is 7.72. The minimum atomic E-state index is 0.111. The van der Waals surface area contributed by atoms with E-state index in [-0.39, 0.29) is 6.04 Å². The first-order valence-corrected chi connectivity index (χ1v) is 5.55. The topological polar surface area (TPSA) is 43.8 Å². The second kappa shape index (κ2) is 4.49. The van der Waals surface area contributed by atoms with Crippen LogP contribution in [0.3, 0.4) is 0 Å². The molecule has 0 radical (unpaired) electrons. The number of aryl methyl sites for hydroxylation is 1. The van der Waals surface area contributed by atoms with Gasteiger partial charge < -0.3 is 10.3 Å². The SMILES string of the molecule is CCC(N)c1cccc(-c2nccn2C)c1. The predicted octanol–water partition coefficient (Wildman–Crippen LogP) is 2.50. The maximum atomic E-state index is 6.03. The van der Waals surface area contributed by atoms with Crippen molar-refractivity contribution in [2.24, 2.45) is 12.8 Å². The summed E-state index contributed by atoms with van der Waals surface area (Å²) in [5.74, 6) is 0.977. The summed E-state index contributed by atoms with van der Waals surface area (Å²) in [5, 5.41) is 0. The van der Waals surface area contributed by atoms with Crippen molar-refractivity contribution in [3.05, 3.63) is 42.2 Å². The number of hydrogen-bond acceptors (Lipinski definition) is 2. The molecule has 0 amide bonds. The maximum absolute atomic E-state index is 6.03. The summed E-state index contributed by atoms with van der Waals surface area (Å²) in [7, 11) is 1.99. The molecular weight excluding hydrogens is 198 g/mol. The smallest absolute Gasteiger partial charge is 0.139 e. The van der Waals surface area contributed by atoms with E-state index in [1.165, 1.54) is 5.56 Å². The van der Waals surface area contributed by atoms with Gasteiger partial charge in [-0.15, -0.1) is 0 Å². The van der Waals surface area contributed by atoms with Crippen LogP contribution < -0.4 is 5.73 Å². The fraction of sp³-hybridized carbons (Fsp3) is 0.308. The van der Waals surface area contributed by atoms with E-state index < -0.39 is 0 Å². The molecule has 3 heteroatoms. The van der Waals surface area contributed by atoms with E-state index in [0.717, 1.165) is 17.8 Å². The lowest BCUT2D eigenvalue weighted by Gasteiger charge is -2.10. The molecule has 1 heterocycles. The third-order valence-electron chi connectivity index (χ3n) is 2.83. The van der Waals surface area contributed by atoms with Crippen molar-refractivity contribution in [3.63, 3.8) is 0 Å². The Bertz CT molecular complexity index is 474. The van der Waals surface area contributed by atoms with Crippen LogP contribution in [0.25, 0.3) is 11.4 Å². The molecule has 2 N–H and O–H groups in total. The summed E-state index contributed by atoms with van der Waals surface area (Å²) in [4.78, 5) is 4.33. The maximum Gasteiger partial charge on any atom is 0.139 e. The van der Waals surface area contributed by atoms with E-state index >= 15 is 0 Å². The zero-order valence-corrected chi connectivity index (χ0v) is 9.72. The summed E-state index contributed by atoms with van der Waals surface area (Å²) in [5.41, 5.74) is 8.32. The third kappa shape index (κ3) is 1.99. The average Bonchev–Trinajstić information content (AvgIpc) is 2.74. The van der Waals surface area contributed by atoms with Crippen LogP contribution in [-0.4, -0.2) is 9.55 Å². The quantitative estimate of drug-likeness (QED) is 0.854. The highest BCUT2D eigenvalue weighted by atomic mass is 15.0. The van der Waals surface area contributed by atoms with Crippen LogP contribution in [0.15, 0.2) is 36.7 Å². The Balaban J connectivity index is 2.40. The van der Waals surface area contributed by atoms with Gasteiger partial charge in [0.25, 0.3) is 0 Å². The van der Waals surface area contributed by atoms with Gasteiger partial charge in [0.2, 0.25) is 0 Å². The van der Waals surface area contributed by atoms with Crippen LogP contribution >= 0.6 is 0 Å². The van der Waals surface area contributed by atoms with Gasteiger partial charge in [0.1, 0.15) is 5.82 Å². The van der Waals surface area contributed by atoms with Gasteiger partial charge in [-0.1, -0.05) is 25.1 Å². The number of nitrogens with zero attached hydrogens (tertiary/aromatic N) is 2. The fourth-order valence-electron chi connectivity index (χ4n) is 1.79. The molecule has 0 aliphatic rings. The van der Waals surface area contributed by atoms with E-state index in [1.807, 2.05) is 30.1 Å². The number of imidazole rings is 1. The van der Waals surface area contributed by atoms with Gasteiger partial charge >= 0.3 is 0 Å². The molecular formula is C13H17N3. The van der Waals surface area contributed by atoms with Crippen molar-refractivity contribution in [2.45, 2.75) is 19.4 Å². The molecule has 3 nitrogen and oxygen atoms in total. The molecule has 0 saturated carbocycles. The zero-order chi connectivity index (χ0) is 11.5. The van der Waals surface area contributed by atoms with Gasteiger partial charge in [-0.2, -0.15) is 0 Å². The van der Waals surface area contributed by atoms with Gasteiger partial charge in [0.05, 0.1) is 0 Å². The summed E-state index contributed by atoms with van der Waals surface area (Å²) in [6, 6.07) is 8.40. The Morgan fingerprint density at radius 2 is 2.25 bits per heavy atom. The minimum Gasteiger partial charge on any atom is -0.334 e. The Kier molecular flexibility index (Phi) is 3.06. The van der Waals surface area contributed by atoms with Crippen molar-refractivity contribution in [1.29, 1.82) is 0 Å². The van der Waals surface area contributed by atoms with E-state index in [1.54, 1.807) is 0 Å². The molecule has 2 rings (SSSR count). The summed E-state index contributed by atoms with van der Waals surface area (Å²) >= 11 is 0. The average molecular weight is 215 g/mol. The lowest BCUT2D eigenvalue weighted by atomic mass is 10.0. The van der Waals surface area contributed by atoms with Crippen LogP contribution in [0.2, 0.25) is 0 Å². The van der Waals surface area contributed by atoms with Crippen molar-refractivity contribution in [2.75, 3.05) is 0 Å². The van der Waals surface area contributed by atoms with Gasteiger partial charge in [0.15, 0.2) is 0 Å². The molecule has 16 heavy (non-hydrogen) atoms. The number of hydrogen-bond donors (Lipinski definition) is 1. The zero-order valence-electron chi connectivity index (χ0n) is 9.72. The Morgan fingerprint density at radius 1 is 1.44 bits per heavy atom. The highest BCUT2D eigenvalue weighted by molar-refractivity contribution is 5.56. The lowest BCUT2D eigenvalue weighted by molar-refractivity contribution is 0.699. The van der Waals surface area contributed by atoms with Crippen LogP contribution in [0.5, 0.6) is 0 Å². The Morgan fingerprint density at radius 3 is 2.88 bits per heavy atom. The highest BCUT2D eigenvalue weighted by Gasteiger charge is 2.07. The summed E-state index contributed by atoms with van der Waals surface area (Å²) < 4.78 is 2.01. The molecule has 1 aromatic carbocycles. The summed E-state index contributed by atoms with van der Waals surface area (Å²) in [6.45, 7) is 2.10. The second-order valence-electron chi connectivity index (χ2n) is 4.00. The van der Waals surface area contributed by atoms with Crippen LogP contribution in [0, 0.1) is 0 Å². The molecule has 1 atom stereocenters. The van der Waals surface area contributed by atoms with E-state index in [0.29, 0.717) is 0 Å². The Labute approximate surface area is 95.9 Å². The van der Waals surface area contributed by atoms with Gasteiger partial charge in [0, 0.05) is 31.0 Å². The molecule has 1 aromatic heterocycles. The van der Waals surface area contributed by atoms with E-state index in [9.17, 15) is 0 Å². The number of nitrogens with two attached hydrogens (primary N) is 1. The molecule has 2 aromatic rings. The normalized spacial score (nSPS) is 12.7. The van der Waals surface area contributed by atoms with Gasteiger partial charge in [-0.25, -0.2) is 4.98 Å². The molecule has 0 saturated heterocycles. The number of benzene rings is 1. The fourth-order valence-corrected chi connectivity index (χ4v) is 1.79. The third-order valence-corrected chi connectivity index (χ3v) is 2.83. The van der Waals surface area contributed by atoms with Crippen LogP contribution in [0.1, 0.15) is 24.9 Å². The standard InChI is InChI=1S/C13H17N3/c1-3-12(14)10-5-4-6-11(9-10)13-15-7-8-16(13)2/h4-9,12H,3,14H2,1-2H3. The Hall–Kier alpha value is -1.61. The lowest BCUT2D eigenvalue weighted by Crippen LogP contribution is -2.08. The molecule has 84 valence electrons. The molecule has 1 unspecified atom stereocenters. The molecule has 0 aliphatic heterocycles. The first-order valence-electron chi connectivity index (χ1n) is 5.55. The van der Waals surface area contributed by atoms with Gasteiger partial charge in [-0.05, 0) is 18.1 Å². The van der Waals surface area contributed by atoms with Crippen LogP contribution in [-0.2, 0) is 7.05 Å². The number of aromatic nitrogens is 2. The van der Waals surface area contributed by atoms with Gasteiger partial charge in [-0.3, -0.25) is 0 Å². The van der Waals surface area contributed by atoms with Crippen molar-refractivity contribution in [1.82, 2.24) is 9.55 Å². The molecule has 0 fully saturated rings. The van der Waals surface area contributed by atoms with Crippen molar-refractivity contribution >= 4 is 0 Å². The van der Waals surface area contributed by atoms with Crippen LogP contribution in [0.4, 0.5) is 0 Å². The highest BCUT2D eigenvalue weighted by Crippen LogP contribution is 2.21. The second-order valence-corrected chi connectivity index (χ2v) is 4.00. The number of rotatable bonds is 3. The monoisotopic (exact) mass is 215 g/mol. The largest absolute Gasteiger partial charge is 0.334 e. The molecule has 0 spiro atoms. The minimum absolute atomic E-state index is 0.111. The first kappa shape index (κ1) is 10.9. The van der Waals surface area contributed by atoms with E-state index in [2.05, 4.69) is 30.1 Å². The van der Waals surface area contributed by atoms with Crippen molar-refractivity contribution in [3.8, 4) is 11.4 Å². The summed E-state index contributed by atoms with van der Waals surface area (Å²) in [6.07, 6.45) is 4.70. The molecule has 0 bridgehead atoms.